The van der Waals surface area contributed by atoms with Crippen LogP contribution in [0.25, 0.3) is 5.69 Å². The third kappa shape index (κ3) is 19.8. The first-order chi connectivity index (χ1) is 25.2. The number of aryl methyl sites for hydroxylation is 2. The van der Waals surface area contributed by atoms with Crippen LogP contribution in [0.15, 0.2) is 55.4 Å². The molecule has 0 saturated heterocycles. The van der Waals surface area contributed by atoms with E-state index in [9.17, 15) is 4.79 Å². The van der Waals surface area contributed by atoms with Crippen molar-refractivity contribution in [3.8, 4) is 11.4 Å². The predicted molar refractivity (Wildman–Crippen MR) is 210 cm³/mol. The molecule has 3 rings (SSSR count). The van der Waals surface area contributed by atoms with Gasteiger partial charge in [0.05, 0.1) is 25.3 Å². The maximum atomic E-state index is 12.5. The highest BCUT2D eigenvalue weighted by Crippen LogP contribution is 2.17. The number of hydrogen-bond acceptors (Lipinski definition) is 5. The number of nitrogens with zero attached hydrogens (tertiary/aromatic N) is 4. The van der Waals surface area contributed by atoms with Gasteiger partial charge in [-0.05, 0) is 49.9 Å². The van der Waals surface area contributed by atoms with Gasteiger partial charge in [-0.15, -0.1) is 0 Å². The first kappa shape index (κ1) is 42.2. The summed E-state index contributed by atoms with van der Waals surface area (Å²) in [5, 5.41) is 0. The second-order valence-electron chi connectivity index (χ2n) is 14.5. The van der Waals surface area contributed by atoms with Crippen LogP contribution in [0.2, 0.25) is 0 Å². The van der Waals surface area contributed by atoms with E-state index in [4.69, 9.17) is 9.47 Å². The minimum absolute atomic E-state index is 0.346. The number of rotatable bonds is 32. The van der Waals surface area contributed by atoms with Gasteiger partial charge in [0.1, 0.15) is 29.7 Å². The van der Waals surface area contributed by atoms with E-state index in [2.05, 4.69) is 75.9 Å². The number of unbranched alkanes of at least 4 members (excludes halogenated alkanes) is 21. The van der Waals surface area contributed by atoms with Crippen molar-refractivity contribution in [1.82, 2.24) is 14.5 Å². The molecule has 0 aliphatic carbocycles. The van der Waals surface area contributed by atoms with E-state index >= 15 is 0 Å². The van der Waals surface area contributed by atoms with Crippen molar-refractivity contribution in [3.05, 3.63) is 66.8 Å². The number of esters is 1. The molecule has 7 heteroatoms. The molecule has 0 fully saturated rings. The van der Waals surface area contributed by atoms with Crippen molar-refractivity contribution in [2.75, 3.05) is 13.2 Å². The van der Waals surface area contributed by atoms with E-state index < -0.39 is 0 Å². The van der Waals surface area contributed by atoms with E-state index in [0.29, 0.717) is 12.2 Å². The average Bonchev–Trinajstić information content (AvgIpc) is 3.63. The smallest absolute Gasteiger partial charge is 0.341 e. The minimum atomic E-state index is -0.346. The van der Waals surface area contributed by atoms with Crippen LogP contribution in [-0.2, 0) is 17.7 Å². The Balaban J connectivity index is 1.18. The topological polar surface area (TPSA) is 70.1 Å². The van der Waals surface area contributed by atoms with E-state index in [-0.39, 0.29) is 5.97 Å². The van der Waals surface area contributed by atoms with Crippen LogP contribution < -0.4 is 9.30 Å². The van der Waals surface area contributed by atoms with E-state index in [0.717, 1.165) is 62.5 Å². The molecule has 0 atom stereocenters. The molecule has 0 amide bonds. The molecule has 3 aromatic rings. The molecule has 284 valence electrons. The SMILES string of the molecule is CCCCCCCCCCCCCCc1ncc(C(=O)OCCCC[n+]2ccn(-c3ccc(OCCCCCCCCCCCC)cc3)c2)cn1. The van der Waals surface area contributed by atoms with Crippen LogP contribution in [0, 0.1) is 0 Å². The maximum Gasteiger partial charge on any atom is 0.341 e. The summed E-state index contributed by atoms with van der Waals surface area (Å²) in [5.74, 6) is 1.40. The lowest BCUT2D eigenvalue weighted by Gasteiger charge is -2.06. The molecule has 0 spiro atoms. The zero-order valence-electron chi connectivity index (χ0n) is 32.5. The molecular formula is C44H71N4O3+. The summed E-state index contributed by atoms with van der Waals surface area (Å²) in [6.45, 7) is 6.59. The highest BCUT2D eigenvalue weighted by atomic mass is 16.5. The summed E-state index contributed by atoms with van der Waals surface area (Å²) in [5.41, 5.74) is 1.53. The Morgan fingerprint density at radius 3 is 1.71 bits per heavy atom. The van der Waals surface area contributed by atoms with Gasteiger partial charge in [0, 0.05) is 18.8 Å². The Morgan fingerprint density at radius 2 is 1.14 bits per heavy atom. The third-order valence-electron chi connectivity index (χ3n) is 9.83. The van der Waals surface area contributed by atoms with Crippen molar-refractivity contribution in [3.63, 3.8) is 0 Å². The van der Waals surface area contributed by atoms with Gasteiger partial charge in [-0.2, -0.15) is 0 Å². The van der Waals surface area contributed by atoms with Crippen molar-refractivity contribution in [2.45, 2.75) is 181 Å². The Bertz CT molecular complexity index is 1260. The Labute approximate surface area is 311 Å². The zero-order chi connectivity index (χ0) is 36.0. The standard InChI is InChI=1S/C44H71N4O3/c1-3-5-7-9-11-13-15-16-17-19-21-23-27-43-45-37-40(38-46-43)44(49)51-36-26-24-32-47-33-34-48(39-47)41-28-30-42(31-29-41)50-35-25-22-20-18-14-12-10-8-6-4-2/h28-31,33-34,37-39H,3-27,32,35-36H2,1-2H3/q+1. The average molecular weight is 704 g/mol. The molecule has 0 radical (unpaired) electrons. The van der Waals surface area contributed by atoms with Gasteiger partial charge < -0.3 is 9.47 Å². The largest absolute Gasteiger partial charge is 0.494 e. The lowest BCUT2D eigenvalue weighted by Crippen LogP contribution is -2.31. The van der Waals surface area contributed by atoms with Crippen LogP contribution >= 0.6 is 0 Å². The molecule has 0 aliphatic heterocycles. The summed E-state index contributed by atoms with van der Waals surface area (Å²) in [7, 11) is 0. The van der Waals surface area contributed by atoms with Crippen molar-refractivity contribution in [2.24, 2.45) is 0 Å². The molecule has 2 aromatic heterocycles. The van der Waals surface area contributed by atoms with Crippen molar-refractivity contribution >= 4 is 5.97 Å². The van der Waals surface area contributed by atoms with Crippen molar-refractivity contribution in [1.29, 1.82) is 0 Å². The Morgan fingerprint density at radius 1 is 0.627 bits per heavy atom. The second kappa shape index (κ2) is 28.4. The minimum Gasteiger partial charge on any atom is -0.494 e. The normalized spacial score (nSPS) is 11.3. The number of hydrogen-bond donors (Lipinski definition) is 0. The number of carbonyl (C=O) groups is 1. The number of aromatic nitrogens is 4. The van der Waals surface area contributed by atoms with Crippen LogP contribution in [0.3, 0.4) is 0 Å². The fraction of sp³-hybridized carbons (Fsp3) is 0.682. The molecule has 51 heavy (non-hydrogen) atoms. The zero-order valence-corrected chi connectivity index (χ0v) is 32.5. The summed E-state index contributed by atoms with van der Waals surface area (Å²) in [6, 6.07) is 8.33. The lowest BCUT2D eigenvalue weighted by molar-refractivity contribution is -0.696. The van der Waals surface area contributed by atoms with Gasteiger partial charge in [-0.3, -0.25) is 0 Å². The molecular weight excluding hydrogens is 633 g/mol. The number of ether oxygens (including phenoxy) is 2. The van der Waals surface area contributed by atoms with Gasteiger partial charge in [-0.25, -0.2) is 23.9 Å². The van der Waals surface area contributed by atoms with E-state index in [1.54, 1.807) is 12.4 Å². The Kier molecular flexibility index (Phi) is 23.5. The van der Waals surface area contributed by atoms with E-state index in [1.807, 2.05) is 0 Å². The van der Waals surface area contributed by atoms with Crippen molar-refractivity contribution < 1.29 is 18.8 Å². The summed E-state index contributed by atoms with van der Waals surface area (Å²) in [6.07, 6.45) is 41.4. The third-order valence-corrected chi connectivity index (χ3v) is 9.83. The quantitative estimate of drug-likeness (QED) is 0.0368. The number of carbonyl (C=O) groups excluding carboxylic acids is 1. The molecule has 0 aliphatic rings. The first-order valence-electron chi connectivity index (χ1n) is 21.0. The first-order valence-corrected chi connectivity index (χ1v) is 21.0. The summed E-state index contributed by atoms with van der Waals surface area (Å²) >= 11 is 0. The van der Waals surface area contributed by atoms with Gasteiger partial charge in [0.2, 0.25) is 6.33 Å². The summed E-state index contributed by atoms with van der Waals surface area (Å²) < 4.78 is 15.8. The predicted octanol–water partition coefficient (Wildman–Crippen LogP) is 11.7. The van der Waals surface area contributed by atoms with Crippen LogP contribution in [-0.4, -0.2) is 33.7 Å². The second-order valence-corrected chi connectivity index (χ2v) is 14.5. The monoisotopic (exact) mass is 704 g/mol. The van der Waals surface area contributed by atoms with Crippen LogP contribution in [0.5, 0.6) is 5.75 Å². The molecule has 2 heterocycles. The number of benzene rings is 1. The Hall–Kier alpha value is -3.22. The molecule has 1 aromatic carbocycles. The maximum absolute atomic E-state index is 12.5. The number of imidazole rings is 1. The van der Waals surface area contributed by atoms with Crippen LogP contribution in [0.4, 0.5) is 0 Å². The van der Waals surface area contributed by atoms with Gasteiger partial charge in [0.25, 0.3) is 0 Å². The molecule has 0 N–H and O–H groups in total. The highest BCUT2D eigenvalue weighted by molar-refractivity contribution is 5.88. The molecule has 0 bridgehead atoms. The fourth-order valence-electron chi connectivity index (χ4n) is 6.53. The molecule has 0 unspecified atom stereocenters. The molecule has 7 nitrogen and oxygen atoms in total. The van der Waals surface area contributed by atoms with Crippen LogP contribution in [0.1, 0.15) is 184 Å². The van der Waals surface area contributed by atoms with Gasteiger partial charge in [0.15, 0.2) is 0 Å². The highest BCUT2D eigenvalue weighted by Gasteiger charge is 2.10. The summed E-state index contributed by atoms with van der Waals surface area (Å²) in [4.78, 5) is 21.3. The van der Waals surface area contributed by atoms with Gasteiger partial charge >= 0.3 is 5.97 Å². The van der Waals surface area contributed by atoms with Gasteiger partial charge in [-0.1, -0.05) is 142 Å². The molecule has 0 saturated carbocycles. The fourth-order valence-corrected chi connectivity index (χ4v) is 6.53. The lowest BCUT2D eigenvalue weighted by atomic mass is 10.0. The van der Waals surface area contributed by atoms with E-state index in [1.165, 1.54) is 128 Å².